The van der Waals surface area contributed by atoms with Crippen LogP contribution in [0.3, 0.4) is 0 Å². The van der Waals surface area contributed by atoms with Gasteiger partial charge in [0.1, 0.15) is 0 Å². The van der Waals surface area contributed by atoms with Crippen LogP contribution in [0.25, 0.3) is 0 Å². The normalized spacial score (nSPS) is 28.9. The molecule has 0 fully saturated rings. The largest absolute Gasteiger partial charge is 0.325 e. The van der Waals surface area contributed by atoms with Gasteiger partial charge < -0.3 is 4.48 Å². The maximum atomic E-state index is 2.41. The summed E-state index contributed by atoms with van der Waals surface area (Å²) in [5.74, 6) is 1.62. The van der Waals surface area contributed by atoms with E-state index in [-0.39, 0.29) is 0 Å². The molecule has 0 N–H and O–H groups in total. The standard InChI is InChI=1S/C11H22N/c1-10(2)11-6-5-8-12(3,4)9-7-11/h5-6,10-11H,7-9H2,1-4H3/q+1. The molecule has 0 saturated carbocycles. The second-order valence-corrected chi connectivity index (χ2v) is 4.97. The lowest BCUT2D eigenvalue weighted by Crippen LogP contribution is -2.40. The minimum atomic E-state index is 0.805. The van der Waals surface area contributed by atoms with Crippen molar-refractivity contribution in [3.8, 4) is 0 Å². The van der Waals surface area contributed by atoms with E-state index in [1.54, 1.807) is 0 Å². The smallest absolute Gasteiger partial charge is 0.0969 e. The summed E-state index contributed by atoms with van der Waals surface area (Å²) in [6.07, 6.45) is 6.12. The van der Waals surface area contributed by atoms with Gasteiger partial charge in [-0.2, -0.15) is 0 Å². The SMILES string of the molecule is CC(C)C1C=CC[N+](C)(C)CC1. The van der Waals surface area contributed by atoms with Crippen LogP contribution >= 0.6 is 0 Å². The molecule has 1 rings (SSSR count). The Labute approximate surface area is 76.7 Å². The molecule has 0 aromatic carbocycles. The van der Waals surface area contributed by atoms with E-state index in [0.717, 1.165) is 16.3 Å². The Morgan fingerprint density at radius 3 is 2.58 bits per heavy atom. The quantitative estimate of drug-likeness (QED) is 0.416. The summed E-state index contributed by atoms with van der Waals surface area (Å²) in [6, 6.07) is 0. The third-order valence-corrected chi connectivity index (χ3v) is 2.91. The molecule has 70 valence electrons. The first-order chi connectivity index (χ1) is 5.51. The van der Waals surface area contributed by atoms with Gasteiger partial charge in [-0.1, -0.05) is 19.9 Å². The zero-order valence-corrected chi connectivity index (χ0v) is 8.88. The van der Waals surface area contributed by atoms with Crippen molar-refractivity contribution in [2.24, 2.45) is 11.8 Å². The van der Waals surface area contributed by atoms with Crippen LogP contribution in [0.4, 0.5) is 0 Å². The number of nitrogens with zero attached hydrogens (tertiary/aromatic N) is 1. The fourth-order valence-corrected chi connectivity index (χ4v) is 1.76. The number of likely N-dealkylation sites (N-methyl/N-ethyl adjacent to an activating group) is 1. The first-order valence-electron chi connectivity index (χ1n) is 5.00. The summed E-state index contributed by atoms with van der Waals surface area (Å²) in [7, 11) is 4.63. The number of allylic oxidation sites excluding steroid dienone is 1. The van der Waals surface area contributed by atoms with Crippen molar-refractivity contribution in [3.63, 3.8) is 0 Å². The maximum Gasteiger partial charge on any atom is 0.0969 e. The predicted molar refractivity (Wildman–Crippen MR) is 53.9 cm³/mol. The highest BCUT2D eigenvalue weighted by Crippen LogP contribution is 2.21. The van der Waals surface area contributed by atoms with Gasteiger partial charge in [0.25, 0.3) is 0 Å². The molecule has 0 saturated heterocycles. The third-order valence-electron chi connectivity index (χ3n) is 2.91. The van der Waals surface area contributed by atoms with Gasteiger partial charge in [-0.3, -0.25) is 0 Å². The molecule has 0 aromatic heterocycles. The van der Waals surface area contributed by atoms with E-state index in [1.165, 1.54) is 19.5 Å². The molecule has 0 bridgehead atoms. The van der Waals surface area contributed by atoms with Gasteiger partial charge >= 0.3 is 0 Å². The molecule has 1 aliphatic heterocycles. The summed E-state index contributed by atoms with van der Waals surface area (Å²) >= 11 is 0. The van der Waals surface area contributed by atoms with Gasteiger partial charge in [0.15, 0.2) is 0 Å². The molecule has 0 aromatic rings. The van der Waals surface area contributed by atoms with Gasteiger partial charge in [0.05, 0.1) is 27.2 Å². The number of hydrogen-bond donors (Lipinski definition) is 0. The van der Waals surface area contributed by atoms with E-state index >= 15 is 0 Å². The van der Waals surface area contributed by atoms with Crippen molar-refractivity contribution in [2.75, 3.05) is 27.2 Å². The van der Waals surface area contributed by atoms with Gasteiger partial charge in [-0.25, -0.2) is 0 Å². The lowest BCUT2D eigenvalue weighted by Gasteiger charge is -2.28. The molecule has 0 amide bonds. The van der Waals surface area contributed by atoms with Crippen LogP contribution in [0.1, 0.15) is 20.3 Å². The molecule has 1 aliphatic rings. The molecular formula is C11H22N+. The highest BCUT2D eigenvalue weighted by molar-refractivity contribution is 4.91. The minimum Gasteiger partial charge on any atom is -0.325 e. The van der Waals surface area contributed by atoms with Gasteiger partial charge in [0.2, 0.25) is 0 Å². The molecule has 1 unspecified atom stereocenters. The van der Waals surface area contributed by atoms with E-state index in [2.05, 4.69) is 40.1 Å². The van der Waals surface area contributed by atoms with E-state index in [0.29, 0.717) is 0 Å². The first kappa shape index (κ1) is 9.79. The number of hydrogen-bond acceptors (Lipinski definition) is 0. The van der Waals surface area contributed by atoms with Crippen molar-refractivity contribution in [3.05, 3.63) is 12.2 Å². The Bertz CT molecular complexity index is 168. The molecule has 0 radical (unpaired) electrons. The topological polar surface area (TPSA) is 0 Å². The number of quaternary nitrogens is 1. The van der Waals surface area contributed by atoms with E-state index in [4.69, 9.17) is 0 Å². The minimum absolute atomic E-state index is 0.805. The van der Waals surface area contributed by atoms with Crippen LogP contribution in [0.2, 0.25) is 0 Å². The van der Waals surface area contributed by atoms with Crippen molar-refractivity contribution in [1.29, 1.82) is 0 Å². The monoisotopic (exact) mass is 168 g/mol. The molecule has 0 spiro atoms. The second kappa shape index (κ2) is 3.61. The molecule has 12 heavy (non-hydrogen) atoms. The zero-order valence-electron chi connectivity index (χ0n) is 8.88. The second-order valence-electron chi connectivity index (χ2n) is 4.97. The van der Waals surface area contributed by atoms with Gasteiger partial charge in [-0.15, -0.1) is 0 Å². The van der Waals surface area contributed by atoms with Crippen LogP contribution in [-0.2, 0) is 0 Å². The lowest BCUT2D eigenvalue weighted by molar-refractivity contribution is -0.884. The zero-order chi connectivity index (χ0) is 9.19. The Hall–Kier alpha value is -0.300. The van der Waals surface area contributed by atoms with Crippen LogP contribution in [0, 0.1) is 11.8 Å². The van der Waals surface area contributed by atoms with Crippen molar-refractivity contribution < 1.29 is 4.48 Å². The summed E-state index contributed by atoms with van der Waals surface area (Å²) in [6.45, 7) is 7.15. The first-order valence-corrected chi connectivity index (χ1v) is 5.00. The highest BCUT2D eigenvalue weighted by atomic mass is 15.3. The van der Waals surface area contributed by atoms with Crippen molar-refractivity contribution in [2.45, 2.75) is 20.3 Å². The van der Waals surface area contributed by atoms with E-state index in [1.807, 2.05) is 0 Å². The van der Waals surface area contributed by atoms with Crippen LogP contribution < -0.4 is 0 Å². The highest BCUT2D eigenvalue weighted by Gasteiger charge is 2.20. The molecule has 1 heteroatoms. The van der Waals surface area contributed by atoms with E-state index < -0.39 is 0 Å². The van der Waals surface area contributed by atoms with Crippen molar-refractivity contribution >= 4 is 0 Å². The maximum absolute atomic E-state index is 2.41. The molecule has 1 nitrogen and oxygen atoms in total. The predicted octanol–water partition coefficient (Wildman–Crippen LogP) is 2.29. The molecule has 1 heterocycles. The summed E-state index contributed by atoms with van der Waals surface area (Å²) < 4.78 is 1.15. The average molecular weight is 168 g/mol. The molecular weight excluding hydrogens is 146 g/mol. The van der Waals surface area contributed by atoms with Gasteiger partial charge in [0, 0.05) is 6.42 Å². The van der Waals surface area contributed by atoms with Gasteiger partial charge in [-0.05, 0) is 17.9 Å². The van der Waals surface area contributed by atoms with E-state index in [9.17, 15) is 0 Å². The fourth-order valence-electron chi connectivity index (χ4n) is 1.76. The summed E-state index contributed by atoms with van der Waals surface area (Å²) in [5.41, 5.74) is 0. The lowest BCUT2D eigenvalue weighted by atomic mass is 9.92. The Morgan fingerprint density at radius 1 is 1.33 bits per heavy atom. The average Bonchev–Trinajstić information content (AvgIpc) is 2.10. The summed E-state index contributed by atoms with van der Waals surface area (Å²) in [5, 5.41) is 0. The Morgan fingerprint density at radius 2 is 2.00 bits per heavy atom. The van der Waals surface area contributed by atoms with Crippen LogP contribution in [-0.4, -0.2) is 31.7 Å². The number of rotatable bonds is 1. The third kappa shape index (κ3) is 2.63. The van der Waals surface area contributed by atoms with Crippen LogP contribution in [0.15, 0.2) is 12.2 Å². The molecule has 1 atom stereocenters. The fraction of sp³-hybridized carbons (Fsp3) is 0.818. The Kier molecular flexibility index (Phi) is 2.94. The summed E-state index contributed by atoms with van der Waals surface area (Å²) in [4.78, 5) is 0. The molecule has 0 aliphatic carbocycles. The van der Waals surface area contributed by atoms with Crippen molar-refractivity contribution in [1.82, 2.24) is 0 Å². The van der Waals surface area contributed by atoms with Crippen LogP contribution in [0.5, 0.6) is 0 Å². The Balaban J connectivity index is 2.55.